The Labute approximate surface area is 130 Å². The Balaban J connectivity index is 2.15. The van der Waals surface area contributed by atoms with Gasteiger partial charge in [0.25, 0.3) is 0 Å². The van der Waals surface area contributed by atoms with Gasteiger partial charge in [-0.15, -0.1) is 0 Å². The van der Waals surface area contributed by atoms with Crippen LogP contribution < -0.4 is 5.32 Å². The molecule has 1 unspecified atom stereocenters. The first kappa shape index (κ1) is 14.4. The van der Waals surface area contributed by atoms with Crippen molar-refractivity contribution in [3.8, 4) is 0 Å². The number of nitrogens with zero attached hydrogens (tertiary/aromatic N) is 2. The number of carbonyl (C=O) groups excluding carboxylic acids is 1. The van der Waals surface area contributed by atoms with Crippen LogP contribution in [0.15, 0.2) is 60.7 Å². The Hall–Kier alpha value is -2.49. The second-order valence-corrected chi connectivity index (χ2v) is 6.44. The molecule has 2 aromatic rings. The number of carbonyl (C=O) groups is 1. The zero-order valence-corrected chi connectivity index (χ0v) is 12.4. The minimum absolute atomic E-state index is 0.235. The molecule has 1 aliphatic heterocycles. The summed E-state index contributed by atoms with van der Waals surface area (Å²) in [6.45, 7) is 0. The third-order valence-electron chi connectivity index (χ3n) is 3.60. The van der Waals surface area contributed by atoms with E-state index in [1.165, 1.54) is 0 Å². The molecule has 0 bridgehead atoms. The highest BCUT2D eigenvalue weighted by Crippen LogP contribution is 2.45. The van der Waals surface area contributed by atoms with Crippen LogP contribution in [-0.4, -0.2) is 15.4 Å². The number of benzene rings is 2. The summed E-state index contributed by atoms with van der Waals surface area (Å²) >= 11 is 0. The number of rotatable bonds is 2. The summed E-state index contributed by atoms with van der Waals surface area (Å²) in [6.07, 6.45) is 0. The van der Waals surface area contributed by atoms with Crippen LogP contribution >= 0.6 is 10.8 Å². The van der Waals surface area contributed by atoms with Crippen LogP contribution in [0.4, 0.5) is 0 Å². The topological polar surface area (TPSA) is 77.5 Å². The zero-order chi connectivity index (χ0) is 15.5. The summed E-state index contributed by atoms with van der Waals surface area (Å²) in [4.78, 5) is 14.8. The zero-order valence-electron chi connectivity index (χ0n) is 11.6. The average Bonchev–Trinajstić information content (AvgIpc) is 2.56. The lowest BCUT2D eigenvalue weighted by Gasteiger charge is -2.30. The minimum Gasteiger partial charge on any atom is -0.337 e. The molecule has 1 amide bonds. The van der Waals surface area contributed by atoms with E-state index < -0.39 is 21.9 Å². The molecule has 5 nitrogen and oxygen atoms in total. The van der Waals surface area contributed by atoms with Gasteiger partial charge >= 0.3 is 10.9 Å². The molecule has 6 heteroatoms. The molecule has 0 saturated carbocycles. The van der Waals surface area contributed by atoms with Crippen LogP contribution in [0.2, 0.25) is 0 Å². The fourth-order valence-corrected chi connectivity index (χ4v) is 4.06. The second kappa shape index (κ2) is 6.10. The van der Waals surface area contributed by atoms with Gasteiger partial charge in [0.2, 0.25) is 5.39 Å². The summed E-state index contributed by atoms with van der Waals surface area (Å²) in [7, 11) is -1.49. The van der Waals surface area contributed by atoms with Crippen molar-refractivity contribution in [1.82, 2.24) is 5.32 Å². The van der Waals surface area contributed by atoms with Crippen molar-refractivity contribution in [3.05, 3.63) is 76.8 Å². The Bertz CT molecular complexity index is 769. The van der Waals surface area contributed by atoms with Crippen molar-refractivity contribution < 1.29 is 9.35 Å². The molecule has 22 heavy (non-hydrogen) atoms. The van der Waals surface area contributed by atoms with E-state index in [1.54, 1.807) is 0 Å². The third-order valence-corrected chi connectivity index (χ3v) is 5.29. The SMILES string of the molecule is N#[N+]C1=S(O)[C@@H](c2ccccc2)[C@@H](c2ccccc2)NC1=O. The van der Waals surface area contributed by atoms with Gasteiger partial charge < -0.3 is 9.87 Å². The van der Waals surface area contributed by atoms with Crippen molar-refractivity contribution in [2.75, 3.05) is 0 Å². The van der Waals surface area contributed by atoms with E-state index >= 15 is 0 Å². The van der Waals surface area contributed by atoms with Gasteiger partial charge in [0.15, 0.2) is 4.98 Å². The maximum atomic E-state index is 12.0. The summed E-state index contributed by atoms with van der Waals surface area (Å²) in [6, 6.07) is 18.5. The standard InChI is InChI=1S/C16H13N3O2S/c17-19-16-15(20)18-13(11-7-3-1-4-8-11)14(22(16)21)12-9-5-2-6-10-12/h1-10,13-14H,(H-,18,20,21)/p+1/t13-,14+,22?/m1/s1. The van der Waals surface area contributed by atoms with Crippen molar-refractivity contribution in [2.45, 2.75) is 11.3 Å². The van der Waals surface area contributed by atoms with E-state index in [1.807, 2.05) is 60.7 Å². The van der Waals surface area contributed by atoms with Gasteiger partial charge in [0.1, 0.15) is 0 Å². The third kappa shape index (κ3) is 2.52. The highest BCUT2D eigenvalue weighted by atomic mass is 32.2. The molecule has 3 atom stereocenters. The maximum absolute atomic E-state index is 12.0. The van der Waals surface area contributed by atoms with Crippen LogP contribution in [-0.2, 0) is 4.79 Å². The highest BCUT2D eigenvalue weighted by Gasteiger charge is 2.43. The maximum Gasteiger partial charge on any atom is 0.497 e. The number of hydrogen-bond acceptors (Lipinski definition) is 3. The fourth-order valence-electron chi connectivity index (χ4n) is 2.59. The lowest BCUT2D eigenvalue weighted by molar-refractivity contribution is -0.115. The predicted octanol–water partition coefficient (Wildman–Crippen LogP) is 3.32. The first-order chi connectivity index (χ1) is 10.7. The molecular weight excluding hydrogens is 298 g/mol. The number of nitrogens with one attached hydrogen (secondary N) is 1. The molecular formula is C16H14N3O2S+. The predicted molar refractivity (Wildman–Crippen MR) is 86.8 cm³/mol. The van der Waals surface area contributed by atoms with Crippen LogP contribution in [0, 0.1) is 5.39 Å². The normalized spacial score (nSPS) is 24.5. The first-order valence-electron chi connectivity index (χ1n) is 6.77. The van der Waals surface area contributed by atoms with E-state index in [4.69, 9.17) is 5.39 Å². The largest absolute Gasteiger partial charge is 0.497 e. The van der Waals surface area contributed by atoms with E-state index in [9.17, 15) is 9.35 Å². The summed E-state index contributed by atoms with van der Waals surface area (Å²) in [5.41, 5.74) is 1.77. The molecule has 0 radical (unpaired) electrons. The number of hydrogen-bond donors (Lipinski definition) is 2. The van der Waals surface area contributed by atoms with E-state index in [2.05, 4.69) is 10.3 Å². The lowest BCUT2D eigenvalue weighted by atomic mass is 9.98. The summed E-state index contributed by atoms with van der Waals surface area (Å²) in [5, 5.41) is 11.5. The van der Waals surface area contributed by atoms with Gasteiger partial charge in [-0.2, -0.15) is 0 Å². The molecule has 110 valence electrons. The van der Waals surface area contributed by atoms with Crippen molar-refractivity contribution in [3.63, 3.8) is 0 Å². The van der Waals surface area contributed by atoms with Crippen LogP contribution in [0.5, 0.6) is 0 Å². The fraction of sp³-hybridized carbons (Fsp3) is 0.125. The van der Waals surface area contributed by atoms with Crippen molar-refractivity contribution in [2.24, 2.45) is 0 Å². The number of diazo groups is 1. The first-order valence-corrected chi connectivity index (χ1v) is 8.02. The Morgan fingerprint density at radius 3 is 2.09 bits per heavy atom. The minimum atomic E-state index is -1.49. The molecule has 3 rings (SSSR count). The molecule has 1 heterocycles. The van der Waals surface area contributed by atoms with Crippen LogP contribution in [0.3, 0.4) is 0 Å². The molecule has 0 spiro atoms. The molecule has 0 aromatic heterocycles. The van der Waals surface area contributed by atoms with Gasteiger partial charge in [-0.05, 0) is 11.1 Å². The van der Waals surface area contributed by atoms with Gasteiger partial charge in [-0.25, -0.2) is 0 Å². The Kier molecular flexibility index (Phi) is 4.00. The van der Waals surface area contributed by atoms with Crippen molar-refractivity contribution in [1.29, 1.82) is 5.39 Å². The second-order valence-electron chi connectivity index (χ2n) is 4.91. The Morgan fingerprint density at radius 1 is 1.00 bits per heavy atom. The Morgan fingerprint density at radius 2 is 1.55 bits per heavy atom. The highest BCUT2D eigenvalue weighted by molar-refractivity contribution is 8.12. The van der Waals surface area contributed by atoms with E-state index in [0.717, 1.165) is 11.1 Å². The van der Waals surface area contributed by atoms with E-state index in [-0.39, 0.29) is 11.0 Å². The molecule has 1 aliphatic rings. The van der Waals surface area contributed by atoms with Gasteiger partial charge in [0.05, 0.1) is 11.3 Å². The smallest absolute Gasteiger partial charge is 0.337 e. The molecule has 2 N–H and O–H groups in total. The van der Waals surface area contributed by atoms with Gasteiger partial charge in [0, 0.05) is 10.8 Å². The lowest BCUT2D eigenvalue weighted by Crippen LogP contribution is -2.40. The summed E-state index contributed by atoms with van der Waals surface area (Å²) in [5.74, 6) is -0.547. The van der Waals surface area contributed by atoms with Gasteiger partial charge in [-0.3, -0.25) is 4.79 Å². The molecule has 0 fully saturated rings. The average molecular weight is 312 g/mol. The van der Waals surface area contributed by atoms with Gasteiger partial charge in [-0.1, -0.05) is 60.7 Å². The van der Waals surface area contributed by atoms with Crippen LogP contribution in [0.1, 0.15) is 22.4 Å². The molecule has 0 saturated heterocycles. The molecule has 0 aliphatic carbocycles. The summed E-state index contributed by atoms with van der Waals surface area (Å²) < 4.78 is 10.6. The van der Waals surface area contributed by atoms with Crippen molar-refractivity contribution >= 4 is 21.7 Å². The molecule has 2 aromatic carbocycles. The number of amides is 1. The van der Waals surface area contributed by atoms with Crippen LogP contribution in [0.25, 0.3) is 4.98 Å². The van der Waals surface area contributed by atoms with E-state index in [0.29, 0.717) is 0 Å². The monoisotopic (exact) mass is 312 g/mol. The quantitative estimate of drug-likeness (QED) is 0.659.